The van der Waals surface area contributed by atoms with Crippen molar-refractivity contribution in [2.75, 3.05) is 5.32 Å². The first-order chi connectivity index (χ1) is 12.5. The van der Waals surface area contributed by atoms with Gasteiger partial charge < -0.3 is 22.5 Å². The van der Waals surface area contributed by atoms with Gasteiger partial charge in [-0.25, -0.2) is 4.99 Å². The molecule has 0 spiro atoms. The molecule has 1 amide bonds. The molecular weight excluding hydrogens is 328 g/mol. The van der Waals surface area contributed by atoms with E-state index in [1.165, 1.54) is 0 Å². The molecule has 0 heterocycles. The van der Waals surface area contributed by atoms with Crippen LogP contribution in [-0.2, 0) is 0 Å². The Morgan fingerprint density at radius 3 is 2.31 bits per heavy atom. The van der Waals surface area contributed by atoms with Gasteiger partial charge in [0.15, 0.2) is 5.96 Å². The largest absolute Gasteiger partial charge is 0.384 e. The van der Waals surface area contributed by atoms with Gasteiger partial charge in [0.05, 0.1) is 16.9 Å². The summed E-state index contributed by atoms with van der Waals surface area (Å²) in [6.07, 6.45) is 0. The van der Waals surface area contributed by atoms with Crippen LogP contribution in [0.1, 0.15) is 15.9 Å². The molecule has 0 aliphatic heterocycles. The molecule has 3 aromatic rings. The van der Waals surface area contributed by atoms with E-state index in [-0.39, 0.29) is 11.8 Å². The molecule has 0 atom stereocenters. The van der Waals surface area contributed by atoms with Crippen molar-refractivity contribution in [3.05, 3.63) is 71.8 Å². The third-order valence-corrected chi connectivity index (χ3v) is 3.86. The number of aliphatic imine (C=N–C) groups is 1. The molecule has 0 fully saturated rings. The number of rotatable bonds is 4. The van der Waals surface area contributed by atoms with Gasteiger partial charge in [0.2, 0.25) is 0 Å². The molecule has 7 heteroatoms. The van der Waals surface area contributed by atoms with Crippen molar-refractivity contribution in [2.24, 2.45) is 22.2 Å². The van der Waals surface area contributed by atoms with Gasteiger partial charge in [-0.2, -0.15) is 0 Å². The van der Waals surface area contributed by atoms with Crippen molar-refractivity contribution in [1.29, 1.82) is 5.41 Å². The molecule has 130 valence electrons. The molecule has 0 saturated heterocycles. The molecule has 0 aromatic heterocycles. The lowest BCUT2D eigenvalue weighted by Gasteiger charge is -2.14. The van der Waals surface area contributed by atoms with Crippen molar-refractivity contribution in [3.63, 3.8) is 0 Å². The van der Waals surface area contributed by atoms with Crippen LogP contribution >= 0.6 is 0 Å². The van der Waals surface area contributed by atoms with Gasteiger partial charge in [-0.3, -0.25) is 10.2 Å². The van der Waals surface area contributed by atoms with Crippen molar-refractivity contribution < 1.29 is 4.79 Å². The predicted molar refractivity (Wildman–Crippen MR) is 105 cm³/mol. The Labute approximate surface area is 150 Å². The number of carbonyl (C=O) groups excluding carboxylic acids is 1. The van der Waals surface area contributed by atoms with Crippen molar-refractivity contribution in [2.45, 2.75) is 0 Å². The summed E-state index contributed by atoms with van der Waals surface area (Å²) in [6, 6.07) is 17.8. The molecule has 0 aliphatic rings. The highest BCUT2D eigenvalue weighted by molar-refractivity contribution is 6.17. The van der Waals surface area contributed by atoms with Crippen LogP contribution in [0.2, 0.25) is 0 Å². The number of para-hydroxylation sites is 1. The lowest BCUT2D eigenvalue weighted by molar-refractivity contribution is 0.102. The van der Waals surface area contributed by atoms with Crippen molar-refractivity contribution in [3.8, 4) is 0 Å². The van der Waals surface area contributed by atoms with E-state index in [2.05, 4.69) is 10.3 Å². The number of carbonyl (C=O) groups is 1. The van der Waals surface area contributed by atoms with E-state index >= 15 is 0 Å². The molecule has 0 saturated carbocycles. The molecule has 0 radical (unpaired) electrons. The topological polar surface area (TPSA) is 143 Å². The monoisotopic (exact) mass is 346 g/mol. The highest BCUT2D eigenvalue weighted by Crippen LogP contribution is 2.29. The van der Waals surface area contributed by atoms with E-state index in [0.29, 0.717) is 22.5 Å². The first kappa shape index (κ1) is 17.0. The van der Waals surface area contributed by atoms with Crippen LogP contribution in [0.25, 0.3) is 10.8 Å². The first-order valence-corrected chi connectivity index (χ1v) is 7.83. The number of nitrogens with two attached hydrogens (primary N) is 3. The Bertz CT molecular complexity index is 1040. The highest BCUT2D eigenvalue weighted by atomic mass is 16.1. The smallest absolute Gasteiger partial charge is 0.257 e. The zero-order valence-corrected chi connectivity index (χ0v) is 13.9. The number of amides is 1. The van der Waals surface area contributed by atoms with Gasteiger partial charge in [-0.15, -0.1) is 0 Å². The molecule has 0 bridgehead atoms. The maximum Gasteiger partial charge on any atom is 0.257 e. The number of nitrogens with one attached hydrogen (secondary N) is 2. The number of fused-ring (bicyclic) bond motifs is 1. The van der Waals surface area contributed by atoms with Crippen LogP contribution in [-0.4, -0.2) is 17.7 Å². The number of nitrogens with zero attached hydrogens (tertiary/aromatic N) is 1. The summed E-state index contributed by atoms with van der Waals surface area (Å²) < 4.78 is 0. The van der Waals surface area contributed by atoms with Crippen LogP contribution in [0.4, 0.5) is 11.4 Å². The zero-order valence-electron chi connectivity index (χ0n) is 13.9. The van der Waals surface area contributed by atoms with Crippen LogP contribution in [0.15, 0.2) is 65.7 Å². The maximum atomic E-state index is 12.9. The third-order valence-electron chi connectivity index (χ3n) is 3.86. The van der Waals surface area contributed by atoms with Crippen LogP contribution in [0.3, 0.4) is 0 Å². The molecule has 3 rings (SSSR count). The predicted octanol–water partition coefficient (Wildman–Crippen LogP) is 2.28. The van der Waals surface area contributed by atoms with Gasteiger partial charge in [-0.1, -0.05) is 42.5 Å². The Balaban J connectivity index is 2.10. The Kier molecular flexibility index (Phi) is 4.53. The lowest BCUT2D eigenvalue weighted by Crippen LogP contribution is -2.22. The number of guanidine groups is 1. The average molecular weight is 346 g/mol. The highest BCUT2D eigenvalue weighted by Gasteiger charge is 2.16. The molecule has 7 nitrogen and oxygen atoms in total. The van der Waals surface area contributed by atoms with E-state index in [1.54, 1.807) is 30.3 Å². The van der Waals surface area contributed by atoms with E-state index in [9.17, 15) is 4.79 Å². The van der Waals surface area contributed by atoms with E-state index in [1.807, 2.05) is 30.3 Å². The fraction of sp³-hybridized carbons (Fsp3) is 0. The molecule has 0 unspecified atom stereocenters. The molecular formula is C19H18N6O. The number of hydrogen-bond donors (Lipinski definition) is 5. The molecule has 8 N–H and O–H groups in total. The van der Waals surface area contributed by atoms with Gasteiger partial charge in [0.1, 0.15) is 5.84 Å². The normalized spacial score (nSPS) is 10.3. The number of anilines is 1. The molecule has 3 aromatic carbocycles. The van der Waals surface area contributed by atoms with Crippen LogP contribution in [0, 0.1) is 5.41 Å². The summed E-state index contributed by atoms with van der Waals surface area (Å²) in [5, 5.41) is 12.4. The summed E-state index contributed by atoms with van der Waals surface area (Å²) in [5.41, 5.74) is 18.1. The SMILES string of the molecule is N=C(N)c1ccc2ccccc2c1NC(=O)c1ccccc1N=C(N)N. The van der Waals surface area contributed by atoms with Crippen LogP contribution < -0.4 is 22.5 Å². The number of benzene rings is 3. The summed E-state index contributed by atoms with van der Waals surface area (Å²) in [4.78, 5) is 16.8. The summed E-state index contributed by atoms with van der Waals surface area (Å²) in [7, 11) is 0. The zero-order chi connectivity index (χ0) is 18.7. The standard InChI is InChI=1S/C19H18N6O/c20-17(21)14-10-9-11-5-1-2-6-12(11)16(14)25-18(26)13-7-3-4-8-15(13)24-19(22)23/h1-10H,(H3,20,21)(H,25,26)(H4,22,23,24). The van der Waals surface area contributed by atoms with E-state index in [0.717, 1.165) is 10.8 Å². The second kappa shape index (κ2) is 6.94. The van der Waals surface area contributed by atoms with Gasteiger partial charge in [-0.05, 0) is 23.6 Å². The Morgan fingerprint density at radius 1 is 0.885 bits per heavy atom. The third kappa shape index (κ3) is 3.32. The van der Waals surface area contributed by atoms with Crippen LogP contribution in [0.5, 0.6) is 0 Å². The maximum absolute atomic E-state index is 12.9. The van der Waals surface area contributed by atoms with Crippen molar-refractivity contribution >= 4 is 39.8 Å². The summed E-state index contributed by atoms with van der Waals surface area (Å²) in [5.74, 6) is -0.673. The fourth-order valence-electron chi connectivity index (χ4n) is 2.71. The van der Waals surface area contributed by atoms with E-state index < -0.39 is 5.91 Å². The van der Waals surface area contributed by atoms with Gasteiger partial charge >= 0.3 is 0 Å². The number of nitrogen functional groups attached to an aromatic ring is 1. The lowest BCUT2D eigenvalue weighted by atomic mass is 10.0. The van der Waals surface area contributed by atoms with E-state index in [4.69, 9.17) is 22.6 Å². The summed E-state index contributed by atoms with van der Waals surface area (Å²) in [6.45, 7) is 0. The summed E-state index contributed by atoms with van der Waals surface area (Å²) >= 11 is 0. The average Bonchev–Trinajstić information content (AvgIpc) is 2.61. The minimum atomic E-state index is -0.399. The second-order valence-corrected chi connectivity index (χ2v) is 5.63. The Morgan fingerprint density at radius 2 is 1.58 bits per heavy atom. The minimum Gasteiger partial charge on any atom is -0.384 e. The second-order valence-electron chi connectivity index (χ2n) is 5.63. The first-order valence-electron chi connectivity index (χ1n) is 7.83. The van der Waals surface area contributed by atoms with Gasteiger partial charge in [0, 0.05) is 10.9 Å². The quantitative estimate of drug-likeness (QED) is 0.364. The minimum absolute atomic E-state index is 0.136. The Hall–Kier alpha value is -3.87. The van der Waals surface area contributed by atoms with Crippen molar-refractivity contribution in [1.82, 2.24) is 0 Å². The number of hydrogen-bond acceptors (Lipinski definition) is 3. The fourth-order valence-corrected chi connectivity index (χ4v) is 2.71. The molecule has 26 heavy (non-hydrogen) atoms. The number of amidine groups is 1. The van der Waals surface area contributed by atoms with Gasteiger partial charge in [0.25, 0.3) is 5.91 Å². The molecule has 0 aliphatic carbocycles.